The van der Waals surface area contributed by atoms with Crippen LogP contribution in [0.1, 0.15) is 11.1 Å². The van der Waals surface area contributed by atoms with Crippen LogP contribution in [-0.4, -0.2) is 13.3 Å². The summed E-state index contributed by atoms with van der Waals surface area (Å²) in [4.78, 5) is 4.54. The summed E-state index contributed by atoms with van der Waals surface area (Å²) in [6.45, 7) is 0. The van der Waals surface area contributed by atoms with Crippen molar-refractivity contribution < 1.29 is 4.74 Å². The number of hydrogen-bond acceptors (Lipinski definition) is 2. The lowest BCUT2D eigenvalue weighted by Gasteiger charge is -2.07. The van der Waals surface area contributed by atoms with Crippen LogP contribution in [0, 0.1) is 0 Å². The lowest BCUT2D eigenvalue weighted by molar-refractivity contribution is 0.415. The van der Waals surface area contributed by atoms with E-state index >= 15 is 0 Å². The molecule has 0 heterocycles. The SMILES string of the molecule is COc1ccc(/C=C/N=Cc2c3ccccc3cc3ccccc23)cc1. The fraction of sp³-hybridized carbons (Fsp3) is 0.0417. The molecule has 0 radical (unpaired) electrons. The minimum atomic E-state index is 0.855. The summed E-state index contributed by atoms with van der Waals surface area (Å²) in [6.07, 6.45) is 5.77. The maximum atomic E-state index is 5.18. The molecule has 2 nitrogen and oxygen atoms in total. The lowest BCUT2D eigenvalue weighted by Crippen LogP contribution is -1.87. The van der Waals surface area contributed by atoms with Crippen molar-refractivity contribution in [3.8, 4) is 5.75 Å². The van der Waals surface area contributed by atoms with E-state index in [1.54, 1.807) is 7.11 Å². The van der Waals surface area contributed by atoms with Gasteiger partial charge in [-0.25, -0.2) is 0 Å². The Morgan fingerprint density at radius 2 is 1.38 bits per heavy atom. The molecule has 126 valence electrons. The maximum absolute atomic E-state index is 5.18. The molecular formula is C24H19NO. The van der Waals surface area contributed by atoms with Crippen LogP contribution in [-0.2, 0) is 0 Å². The summed E-state index contributed by atoms with van der Waals surface area (Å²) in [5, 5.41) is 4.89. The minimum absolute atomic E-state index is 0.855. The molecule has 26 heavy (non-hydrogen) atoms. The Labute approximate surface area is 153 Å². The number of fused-ring (bicyclic) bond motifs is 2. The highest BCUT2D eigenvalue weighted by atomic mass is 16.5. The Morgan fingerprint density at radius 3 is 2.00 bits per heavy atom. The number of methoxy groups -OCH3 is 1. The van der Waals surface area contributed by atoms with E-state index in [0.717, 1.165) is 16.9 Å². The highest BCUT2D eigenvalue weighted by molar-refractivity contribution is 6.13. The first-order valence-electron chi connectivity index (χ1n) is 8.59. The summed E-state index contributed by atoms with van der Waals surface area (Å²) in [5.74, 6) is 0.855. The number of hydrogen-bond donors (Lipinski definition) is 0. The Hall–Kier alpha value is -3.39. The van der Waals surface area contributed by atoms with Gasteiger partial charge in [-0.2, -0.15) is 0 Å². The highest BCUT2D eigenvalue weighted by Crippen LogP contribution is 2.27. The van der Waals surface area contributed by atoms with Crippen molar-refractivity contribution in [1.29, 1.82) is 0 Å². The zero-order chi connectivity index (χ0) is 17.8. The number of ether oxygens (including phenoxy) is 1. The molecule has 4 aromatic carbocycles. The molecule has 0 fully saturated rings. The fourth-order valence-electron chi connectivity index (χ4n) is 3.15. The Kier molecular flexibility index (Phi) is 4.48. The smallest absolute Gasteiger partial charge is 0.118 e. The van der Waals surface area contributed by atoms with Gasteiger partial charge in [-0.3, -0.25) is 4.99 Å². The zero-order valence-electron chi connectivity index (χ0n) is 14.6. The summed E-state index contributed by atoms with van der Waals surface area (Å²) >= 11 is 0. The third-order valence-corrected chi connectivity index (χ3v) is 4.49. The Morgan fingerprint density at radius 1 is 0.769 bits per heavy atom. The topological polar surface area (TPSA) is 21.6 Å². The number of rotatable bonds is 4. The van der Waals surface area contributed by atoms with Crippen molar-refractivity contribution in [2.24, 2.45) is 4.99 Å². The first kappa shape index (κ1) is 16.1. The molecule has 0 unspecified atom stereocenters. The Balaban J connectivity index is 1.70. The maximum Gasteiger partial charge on any atom is 0.118 e. The predicted molar refractivity (Wildman–Crippen MR) is 111 cm³/mol. The lowest BCUT2D eigenvalue weighted by atomic mass is 9.97. The second-order valence-corrected chi connectivity index (χ2v) is 6.10. The summed E-state index contributed by atoms with van der Waals surface area (Å²) in [5.41, 5.74) is 2.24. The third kappa shape index (κ3) is 3.22. The molecule has 4 aromatic rings. The second-order valence-electron chi connectivity index (χ2n) is 6.10. The molecule has 0 aliphatic rings. The molecule has 0 saturated carbocycles. The van der Waals surface area contributed by atoms with Gasteiger partial charge in [-0.15, -0.1) is 0 Å². The van der Waals surface area contributed by atoms with Gasteiger partial charge in [-0.05, 0) is 51.4 Å². The van der Waals surface area contributed by atoms with Crippen molar-refractivity contribution in [2.45, 2.75) is 0 Å². The normalized spacial score (nSPS) is 11.7. The van der Waals surface area contributed by atoms with E-state index in [-0.39, 0.29) is 0 Å². The van der Waals surface area contributed by atoms with Crippen molar-refractivity contribution in [3.63, 3.8) is 0 Å². The molecule has 0 bridgehead atoms. The van der Waals surface area contributed by atoms with Crippen molar-refractivity contribution in [1.82, 2.24) is 0 Å². The monoisotopic (exact) mass is 337 g/mol. The van der Waals surface area contributed by atoms with Gasteiger partial charge in [-0.1, -0.05) is 60.7 Å². The van der Waals surface area contributed by atoms with Crippen LogP contribution in [0.15, 0.2) is 90.1 Å². The third-order valence-electron chi connectivity index (χ3n) is 4.49. The average Bonchev–Trinajstić information content (AvgIpc) is 2.71. The predicted octanol–water partition coefficient (Wildman–Crippen LogP) is 6.09. The molecule has 0 aromatic heterocycles. The van der Waals surface area contributed by atoms with Crippen LogP contribution < -0.4 is 4.74 Å². The minimum Gasteiger partial charge on any atom is -0.497 e. The molecule has 0 aliphatic carbocycles. The van der Waals surface area contributed by atoms with Crippen molar-refractivity contribution >= 4 is 33.8 Å². The molecule has 0 atom stereocenters. The quantitative estimate of drug-likeness (QED) is 0.326. The van der Waals surface area contributed by atoms with E-state index in [4.69, 9.17) is 4.74 Å². The summed E-state index contributed by atoms with van der Waals surface area (Å²) < 4.78 is 5.18. The van der Waals surface area contributed by atoms with Gasteiger partial charge >= 0.3 is 0 Å². The standard InChI is InChI=1S/C24H19NO/c1-26-21-12-10-18(11-13-21)14-15-25-17-24-22-8-4-2-6-19(22)16-20-7-3-5-9-23(20)24/h2-17H,1H3/b15-14+,25-17?. The highest BCUT2D eigenvalue weighted by Gasteiger charge is 2.04. The summed E-state index contributed by atoms with van der Waals surface area (Å²) in [7, 11) is 1.67. The van der Waals surface area contributed by atoms with Gasteiger partial charge in [0.1, 0.15) is 5.75 Å². The van der Waals surface area contributed by atoms with Gasteiger partial charge < -0.3 is 4.74 Å². The molecule has 4 rings (SSSR count). The molecule has 2 heteroatoms. The van der Waals surface area contributed by atoms with Gasteiger partial charge in [0.15, 0.2) is 0 Å². The first-order chi connectivity index (χ1) is 12.8. The number of aliphatic imine (C=N–C) groups is 1. The molecule has 0 spiro atoms. The van der Waals surface area contributed by atoms with Gasteiger partial charge in [0.2, 0.25) is 0 Å². The average molecular weight is 337 g/mol. The largest absolute Gasteiger partial charge is 0.497 e. The second kappa shape index (κ2) is 7.24. The molecular weight excluding hydrogens is 318 g/mol. The van der Waals surface area contributed by atoms with Crippen LogP contribution in [0.3, 0.4) is 0 Å². The van der Waals surface area contributed by atoms with Crippen LogP contribution in [0.25, 0.3) is 27.6 Å². The summed E-state index contributed by atoms with van der Waals surface area (Å²) in [6, 6.07) is 27.0. The van der Waals surface area contributed by atoms with Gasteiger partial charge in [0.05, 0.1) is 7.11 Å². The first-order valence-corrected chi connectivity index (χ1v) is 8.59. The zero-order valence-corrected chi connectivity index (χ0v) is 14.6. The van der Waals surface area contributed by atoms with E-state index in [0.29, 0.717) is 0 Å². The molecule has 0 N–H and O–H groups in total. The van der Waals surface area contributed by atoms with Crippen LogP contribution in [0.4, 0.5) is 0 Å². The van der Waals surface area contributed by atoms with Crippen molar-refractivity contribution in [2.75, 3.05) is 7.11 Å². The Bertz CT molecular complexity index is 1050. The number of nitrogens with zero attached hydrogens (tertiary/aromatic N) is 1. The van der Waals surface area contributed by atoms with E-state index in [1.807, 2.05) is 42.8 Å². The molecule has 0 aliphatic heterocycles. The van der Waals surface area contributed by atoms with E-state index in [9.17, 15) is 0 Å². The van der Waals surface area contributed by atoms with Crippen molar-refractivity contribution in [3.05, 3.63) is 96.2 Å². The van der Waals surface area contributed by atoms with Crippen LogP contribution >= 0.6 is 0 Å². The van der Waals surface area contributed by atoms with Gasteiger partial charge in [0, 0.05) is 18.0 Å². The van der Waals surface area contributed by atoms with E-state index < -0.39 is 0 Å². The van der Waals surface area contributed by atoms with Gasteiger partial charge in [0.25, 0.3) is 0 Å². The number of benzene rings is 4. The van der Waals surface area contributed by atoms with E-state index in [1.165, 1.54) is 21.5 Å². The molecule has 0 amide bonds. The molecule has 0 saturated heterocycles. The fourth-order valence-corrected chi connectivity index (χ4v) is 3.15. The van der Waals surface area contributed by atoms with Crippen LogP contribution in [0.2, 0.25) is 0 Å². The van der Waals surface area contributed by atoms with Crippen LogP contribution in [0.5, 0.6) is 5.75 Å². The van der Waals surface area contributed by atoms with E-state index in [2.05, 4.69) is 59.6 Å².